The lowest BCUT2D eigenvalue weighted by molar-refractivity contribution is -0.140. The largest absolute Gasteiger partial charge is 0.488 e. The number of carboxylic acid groups (broad SMARTS) is 1. The zero-order chi connectivity index (χ0) is 25.5. The van der Waals surface area contributed by atoms with E-state index in [1.165, 1.54) is 0 Å². The van der Waals surface area contributed by atoms with Crippen LogP contribution >= 0.6 is 24.0 Å². The number of thioether (sulfide) groups is 1. The van der Waals surface area contributed by atoms with Gasteiger partial charge < -0.3 is 14.6 Å². The second kappa shape index (κ2) is 11.7. The van der Waals surface area contributed by atoms with E-state index in [2.05, 4.69) is 0 Å². The molecule has 1 saturated heterocycles. The van der Waals surface area contributed by atoms with Gasteiger partial charge in [0, 0.05) is 0 Å². The molecule has 7 nitrogen and oxygen atoms in total. The molecular formula is C27H21NO6S2. The number of amides is 1. The summed E-state index contributed by atoms with van der Waals surface area (Å²) in [5.41, 5.74) is 2.53. The van der Waals surface area contributed by atoms with Gasteiger partial charge in [-0.15, -0.1) is 0 Å². The van der Waals surface area contributed by atoms with Crippen LogP contribution in [0.2, 0.25) is 0 Å². The van der Waals surface area contributed by atoms with Crippen molar-refractivity contribution < 1.29 is 29.0 Å². The Kier molecular flexibility index (Phi) is 8.14. The van der Waals surface area contributed by atoms with Crippen molar-refractivity contribution in [3.05, 3.63) is 106 Å². The molecule has 1 aliphatic rings. The van der Waals surface area contributed by atoms with Gasteiger partial charge >= 0.3 is 11.9 Å². The maximum atomic E-state index is 13.0. The number of hydrogen-bond donors (Lipinski definition) is 1. The Morgan fingerprint density at radius 3 is 2.22 bits per heavy atom. The number of nitrogens with zero attached hydrogens (tertiary/aromatic N) is 1. The van der Waals surface area contributed by atoms with Gasteiger partial charge in [-0.2, -0.15) is 0 Å². The maximum absolute atomic E-state index is 13.0. The van der Waals surface area contributed by atoms with Crippen LogP contribution < -0.4 is 4.74 Å². The predicted molar refractivity (Wildman–Crippen MR) is 140 cm³/mol. The van der Waals surface area contributed by atoms with Crippen LogP contribution in [0.1, 0.15) is 27.0 Å². The minimum Gasteiger partial charge on any atom is -0.488 e. The van der Waals surface area contributed by atoms with E-state index in [1.54, 1.807) is 24.3 Å². The van der Waals surface area contributed by atoms with Crippen LogP contribution in [0.15, 0.2) is 83.8 Å². The molecule has 1 amide bonds. The van der Waals surface area contributed by atoms with E-state index in [-0.39, 0.29) is 28.0 Å². The van der Waals surface area contributed by atoms with Crippen LogP contribution in [0.4, 0.5) is 0 Å². The number of carboxylic acids is 1. The van der Waals surface area contributed by atoms with Gasteiger partial charge in [0.25, 0.3) is 5.91 Å². The van der Waals surface area contributed by atoms with E-state index < -0.39 is 24.4 Å². The van der Waals surface area contributed by atoms with Gasteiger partial charge in [0.05, 0.1) is 4.91 Å². The van der Waals surface area contributed by atoms with Crippen molar-refractivity contribution in [2.24, 2.45) is 0 Å². The van der Waals surface area contributed by atoms with Gasteiger partial charge in [-0.3, -0.25) is 14.5 Å². The Bertz CT molecular complexity index is 1320. The van der Waals surface area contributed by atoms with Gasteiger partial charge in [-0.05, 0) is 34.9 Å². The summed E-state index contributed by atoms with van der Waals surface area (Å²) in [5, 5.41) is 9.03. The molecule has 1 N–H and O–H groups in total. The monoisotopic (exact) mass is 519 g/mol. The summed E-state index contributed by atoms with van der Waals surface area (Å²) in [5.74, 6) is -1.89. The third kappa shape index (κ3) is 6.38. The number of ether oxygens (including phenoxy) is 2. The van der Waals surface area contributed by atoms with Gasteiger partial charge in [0.1, 0.15) is 35.4 Å². The third-order valence-electron chi connectivity index (χ3n) is 5.14. The van der Waals surface area contributed by atoms with E-state index in [9.17, 15) is 14.4 Å². The van der Waals surface area contributed by atoms with Crippen LogP contribution in [-0.2, 0) is 27.5 Å². The van der Waals surface area contributed by atoms with E-state index in [0.717, 1.165) is 27.8 Å². The van der Waals surface area contributed by atoms with Crippen molar-refractivity contribution in [2.45, 2.75) is 13.2 Å². The van der Waals surface area contributed by atoms with Gasteiger partial charge in [0.15, 0.2) is 0 Å². The summed E-state index contributed by atoms with van der Waals surface area (Å²) < 4.78 is 11.6. The Hall–Kier alpha value is -3.95. The van der Waals surface area contributed by atoms with Crippen LogP contribution in [0.3, 0.4) is 0 Å². The standard InChI is InChI=1S/C27H21NO6S2/c29-24(30)15-28-25(31)23(36-27(28)35)14-20-11-12-22(33-16-18-7-3-1-4-8-18)21(13-20)26(32)34-17-19-9-5-2-6-10-19/h1-14H,15-17H2,(H,29,30)/b23-14-. The highest BCUT2D eigenvalue weighted by Crippen LogP contribution is 2.33. The molecule has 9 heteroatoms. The summed E-state index contributed by atoms with van der Waals surface area (Å²) in [7, 11) is 0. The fourth-order valence-corrected chi connectivity index (χ4v) is 4.64. The molecule has 0 saturated carbocycles. The average molecular weight is 520 g/mol. The van der Waals surface area contributed by atoms with E-state index in [4.69, 9.17) is 26.8 Å². The fraction of sp³-hybridized carbons (Fsp3) is 0.111. The number of esters is 1. The van der Waals surface area contributed by atoms with Crippen LogP contribution in [-0.4, -0.2) is 38.7 Å². The van der Waals surface area contributed by atoms with Crippen molar-refractivity contribution in [2.75, 3.05) is 6.54 Å². The van der Waals surface area contributed by atoms with Crippen molar-refractivity contribution in [1.29, 1.82) is 0 Å². The van der Waals surface area contributed by atoms with Gasteiger partial charge in [-0.1, -0.05) is 90.7 Å². The first-order valence-corrected chi connectivity index (χ1v) is 12.1. The zero-order valence-electron chi connectivity index (χ0n) is 19.0. The van der Waals surface area contributed by atoms with Crippen molar-refractivity contribution in [3.8, 4) is 5.75 Å². The number of carbonyl (C=O) groups excluding carboxylic acids is 2. The number of benzene rings is 3. The topological polar surface area (TPSA) is 93.1 Å². The van der Waals surface area contributed by atoms with Gasteiger partial charge in [0.2, 0.25) is 0 Å². The Balaban J connectivity index is 1.59. The van der Waals surface area contributed by atoms with E-state index in [1.807, 2.05) is 60.7 Å². The maximum Gasteiger partial charge on any atom is 0.342 e. The molecule has 182 valence electrons. The summed E-state index contributed by atoms with van der Waals surface area (Å²) in [6.07, 6.45) is 1.57. The highest BCUT2D eigenvalue weighted by molar-refractivity contribution is 8.26. The SMILES string of the molecule is O=C(O)CN1C(=O)/C(=C/c2ccc(OCc3ccccc3)c(C(=O)OCc3ccccc3)c2)SC1=S. The molecule has 4 rings (SSSR count). The van der Waals surface area contributed by atoms with Crippen molar-refractivity contribution >= 4 is 52.2 Å². The quantitative estimate of drug-likeness (QED) is 0.242. The lowest BCUT2D eigenvalue weighted by Crippen LogP contribution is -2.33. The third-order valence-corrected chi connectivity index (χ3v) is 6.52. The second-order valence-corrected chi connectivity index (χ2v) is 9.43. The molecule has 0 aromatic heterocycles. The Labute approximate surface area is 217 Å². The Morgan fingerprint density at radius 1 is 0.944 bits per heavy atom. The summed E-state index contributed by atoms with van der Waals surface area (Å²) in [6.45, 7) is -0.159. The summed E-state index contributed by atoms with van der Waals surface area (Å²) >= 11 is 6.16. The molecule has 3 aromatic rings. The number of carbonyl (C=O) groups is 3. The highest BCUT2D eigenvalue weighted by atomic mass is 32.2. The lowest BCUT2D eigenvalue weighted by Gasteiger charge is -2.13. The van der Waals surface area contributed by atoms with Crippen LogP contribution in [0.5, 0.6) is 5.75 Å². The molecule has 3 aromatic carbocycles. The number of hydrogen-bond acceptors (Lipinski definition) is 7. The molecule has 0 bridgehead atoms. The predicted octanol–water partition coefficient (Wildman–Crippen LogP) is 4.91. The lowest BCUT2D eigenvalue weighted by atomic mass is 10.1. The average Bonchev–Trinajstić information content (AvgIpc) is 3.14. The smallest absolute Gasteiger partial charge is 0.342 e. The van der Waals surface area contributed by atoms with Crippen LogP contribution in [0.25, 0.3) is 6.08 Å². The molecule has 0 spiro atoms. The molecule has 0 aliphatic carbocycles. The zero-order valence-corrected chi connectivity index (χ0v) is 20.6. The molecule has 36 heavy (non-hydrogen) atoms. The van der Waals surface area contributed by atoms with Crippen molar-refractivity contribution in [3.63, 3.8) is 0 Å². The van der Waals surface area contributed by atoms with Crippen LogP contribution in [0, 0.1) is 0 Å². The van der Waals surface area contributed by atoms with E-state index in [0.29, 0.717) is 11.3 Å². The highest BCUT2D eigenvalue weighted by Gasteiger charge is 2.33. The molecule has 1 heterocycles. The molecule has 0 unspecified atom stereocenters. The molecule has 1 fully saturated rings. The Morgan fingerprint density at radius 2 is 1.58 bits per heavy atom. The number of aliphatic carboxylic acids is 1. The summed E-state index contributed by atoms with van der Waals surface area (Å²) in [4.78, 5) is 38.0. The van der Waals surface area contributed by atoms with E-state index >= 15 is 0 Å². The molecule has 1 aliphatic heterocycles. The normalized spacial score (nSPS) is 14.2. The first kappa shape index (κ1) is 25.2. The second-order valence-electron chi connectivity index (χ2n) is 7.75. The first-order valence-electron chi connectivity index (χ1n) is 10.9. The molecule has 0 radical (unpaired) electrons. The minimum atomic E-state index is -1.16. The number of thiocarbonyl (C=S) groups is 1. The fourth-order valence-electron chi connectivity index (χ4n) is 3.38. The summed E-state index contributed by atoms with van der Waals surface area (Å²) in [6, 6.07) is 23.8. The number of rotatable bonds is 9. The molecular weight excluding hydrogens is 498 g/mol. The first-order chi connectivity index (χ1) is 17.4. The minimum absolute atomic E-state index is 0.0931. The van der Waals surface area contributed by atoms with Crippen molar-refractivity contribution in [1.82, 2.24) is 4.90 Å². The van der Waals surface area contributed by atoms with Gasteiger partial charge in [-0.25, -0.2) is 4.79 Å². The molecule has 0 atom stereocenters.